The van der Waals surface area contributed by atoms with Crippen molar-refractivity contribution < 1.29 is 4.74 Å². The molecule has 1 saturated heterocycles. The lowest BCUT2D eigenvalue weighted by atomic mass is 10.0. The standard InChI is InChI=1S/C12H17BrN2O/c1-8-4-10(13)5-12(16-8)9-6-14-15(7-9)11-2-3-11/h6-8,10-12H,2-5H2,1H3. The van der Waals surface area contributed by atoms with E-state index < -0.39 is 0 Å². The summed E-state index contributed by atoms with van der Waals surface area (Å²) in [4.78, 5) is 0.575. The second-order valence-electron chi connectivity index (χ2n) is 4.99. The normalized spacial score (nSPS) is 35.2. The minimum atomic E-state index is 0.223. The molecule has 88 valence electrons. The van der Waals surface area contributed by atoms with Gasteiger partial charge in [-0.1, -0.05) is 15.9 Å². The van der Waals surface area contributed by atoms with Gasteiger partial charge in [-0.15, -0.1) is 0 Å². The van der Waals surface area contributed by atoms with Gasteiger partial charge in [-0.25, -0.2) is 0 Å². The number of aromatic nitrogens is 2. The SMILES string of the molecule is CC1CC(Br)CC(c2cnn(C3CC3)c2)O1. The van der Waals surface area contributed by atoms with E-state index >= 15 is 0 Å². The van der Waals surface area contributed by atoms with Crippen molar-refractivity contribution in [3.8, 4) is 0 Å². The van der Waals surface area contributed by atoms with Gasteiger partial charge in [0, 0.05) is 16.6 Å². The van der Waals surface area contributed by atoms with Crippen molar-refractivity contribution in [1.82, 2.24) is 9.78 Å². The van der Waals surface area contributed by atoms with E-state index in [-0.39, 0.29) is 6.10 Å². The Morgan fingerprint density at radius 1 is 1.44 bits per heavy atom. The summed E-state index contributed by atoms with van der Waals surface area (Å²) in [6, 6.07) is 0.662. The van der Waals surface area contributed by atoms with Gasteiger partial charge in [0.25, 0.3) is 0 Å². The van der Waals surface area contributed by atoms with Crippen LogP contribution >= 0.6 is 15.9 Å². The van der Waals surface area contributed by atoms with Crippen molar-refractivity contribution in [2.24, 2.45) is 0 Å². The Labute approximate surface area is 104 Å². The summed E-state index contributed by atoms with van der Waals surface area (Å²) in [6.45, 7) is 2.14. The number of hydrogen-bond acceptors (Lipinski definition) is 2. The second-order valence-corrected chi connectivity index (χ2v) is 6.28. The molecule has 1 aliphatic carbocycles. The molecule has 1 aromatic heterocycles. The molecule has 0 amide bonds. The Morgan fingerprint density at radius 2 is 2.25 bits per heavy atom. The number of alkyl halides is 1. The zero-order chi connectivity index (χ0) is 11.1. The highest BCUT2D eigenvalue weighted by Gasteiger charge is 2.29. The van der Waals surface area contributed by atoms with Gasteiger partial charge in [0.15, 0.2) is 0 Å². The maximum Gasteiger partial charge on any atom is 0.0869 e. The molecule has 1 saturated carbocycles. The van der Waals surface area contributed by atoms with E-state index in [1.54, 1.807) is 0 Å². The van der Waals surface area contributed by atoms with E-state index in [0.717, 1.165) is 12.8 Å². The highest BCUT2D eigenvalue weighted by atomic mass is 79.9. The number of rotatable bonds is 2. The molecule has 1 aromatic rings. The first kappa shape index (κ1) is 10.8. The van der Waals surface area contributed by atoms with Crippen LogP contribution in [0.2, 0.25) is 0 Å². The summed E-state index contributed by atoms with van der Waals surface area (Å²) in [5.41, 5.74) is 1.24. The Balaban J connectivity index is 1.74. The largest absolute Gasteiger partial charge is 0.370 e. The zero-order valence-corrected chi connectivity index (χ0v) is 11.1. The van der Waals surface area contributed by atoms with E-state index in [1.807, 2.05) is 6.20 Å². The van der Waals surface area contributed by atoms with Crippen LogP contribution in [-0.2, 0) is 4.74 Å². The summed E-state index contributed by atoms with van der Waals surface area (Å²) in [5.74, 6) is 0. The molecule has 3 atom stereocenters. The molecule has 0 aromatic carbocycles. The smallest absolute Gasteiger partial charge is 0.0869 e. The molecule has 0 spiro atoms. The average Bonchev–Trinajstić information content (AvgIpc) is 2.95. The third-order valence-electron chi connectivity index (χ3n) is 3.37. The Kier molecular flexibility index (Phi) is 2.80. The highest BCUT2D eigenvalue weighted by molar-refractivity contribution is 9.09. The lowest BCUT2D eigenvalue weighted by Crippen LogP contribution is -2.26. The number of nitrogens with zero attached hydrogens (tertiary/aromatic N) is 2. The second kappa shape index (κ2) is 4.15. The summed E-state index contributed by atoms with van der Waals surface area (Å²) in [5, 5.41) is 4.42. The predicted molar refractivity (Wildman–Crippen MR) is 65.7 cm³/mol. The summed E-state index contributed by atoms with van der Waals surface area (Å²) in [6.07, 6.45) is 9.43. The molecule has 3 rings (SSSR count). The molecule has 2 fully saturated rings. The van der Waals surface area contributed by atoms with Gasteiger partial charge in [0.1, 0.15) is 0 Å². The quantitative estimate of drug-likeness (QED) is 0.780. The van der Waals surface area contributed by atoms with E-state index in [4.69, 9.17) is 4.74 Å². The number of halogens is 1. The fourth-order valence-electron chi connectivity index (χ4n) is 2.35. The molecular weight excluding hydrogens is 268 g/mol. The van der Waals surface area contributed by atoms with E-state index in [1.165, 1.54) is 18.4 Å². The van der Waals surface area contributed by atoms with Gasteiger partial charge in [-0.2, -0.15) is 5.10 Å². The maximum absolute atomic E-state index is 5.97. The molecule has 0 N–H and O–H groups in total. The first-order valence-corrected chi connectivity index (χ1v) is 6.97. The topological polar surface area (TPSA) is 27.1 Å². The number of ether oxygens (including phenoxy) is 1. The van der Waals surface area contributed by atoms with E-state index in [0.29, 0.717) is 17.0 Å². The minimum Gasteiger partial charge on any atom is -0.370 e. The molecule has 1 aliphatic heterocycles. The van der Waals surface area contributed by atoms with Gasteiger partial charge in [-0.05, 0) is 32.6 Å². The molecule has 3 nitrogen and oxygen atoms in total. The molecule has 0 bridgehead atoms. The van der Waals surface area contributed by atoms with Crippen molar-refractivity contribution in [2.45, 2.75) is 55.7 Å². The molecule has 2 heterocycles. The molecule has 3 unspecified atom stereocenters. The van der Waals surface area contributed by atoms with Crippen molar-refractivity contribution in [1.29, 1.82) is 0 Å². The van der Waals surface area contributed by atoms with Crippen LogP contribution in [0.1, 0.15) is 50.3 Å². The van der Waals surface area contributed by atoms with Crippen molar-refractivity contribution in [3.63, 3.8) is 0 Å². The third kappa shape index (κ3) is 2.18. The van der Waals surface area contributed by atoms with Crippen LogP contribution in [0, 0.1) is 0 Å². The van der Waals surface area contributed by atoms with Crippen molar-refractivity contribution in [3.05, 3.63) is 18.0 Å². The molecule has 4 heteroatoms. The Bertz CT molecular complexity index is 365. The number of hydrogen-bond donors (Lipinski definition) is 0. The predicted octanol–water partition coefficient (Wildman–Crippen LogP) is 3.22. The fourth-order valence-corrected chi connectivity index (χ4v) is 3.22. The van der Waals surface area contributed by atoms with E-state index in [9.17, 15) is 0 Å². The van der Waals surface area contributed by atoms with Crippen LogP contribution in [0.4, 0.5) is 0 Å². The van der Waals surface area contributed by atoms with Gasteiger partial charge in [-0.3, -0.25) is 4.68 Å². The zero-order valence-electron chi connectivity index (χ0n) is 9.47. The molecular formula is C12H17BrN2O. The Hall–Kier alpha value is -0.350. The van der Waals surface area contributed by atoms with Gasteiger partial charge < -0.3 is 4.74 Å². The minimum absolute atomic E-state index is 0.223. The first-order valence-electron chi connectivity index (χ1n) is 6.06. The van der Waals surface area contributed by atoms with Crippen LogP contribution in [0.3, 0.4) is 0 Å². The fraction of sp³-hybridized carbons (Fsp3) is 0.750. The van der Waals surface area contributed by atoms with Crippen LogP contribution in [0.5, 0.6) is 0 Å². The molecule has 16 heavy (non-hydrogen) atoms. The maximum atomic E-state index is 5.97. The van der Waals surface area contributed by atoms with Crippen LogP contribution < -0.4 is 0 Å². The molecule has 0 radical (unpaired) electrons. The summed E-state index contributed by atoms with van der Waals surface area (Å²) >= 11 is 3.71. The summed E-state index contributed by atoms with van der Waals surface area (Å²) in [7, 11) is 0. The Morgan fingerprint density at radius 3 is 2.94 bits per heavy atom. The van der Waals surface area contributed by atoms with Crippen LogP contribution in [-0.4, -0.2) is 20.7 Å². The van der Waals surface area contributed by atoms with Crippen molar-refractivity contribution >= 4 is 15.9 Å². The van der Waals surface area contributed by atoms with Crippen LogP contribution in [0.25, 0.3) is 0 Å². The lowest BCUT2D eigenvalue weighted by molar-refractivity contribution is -0.0379. The lowest BCUT2D eigenvalue weighted by Gasteiger charge is -2.30. The van der Waals surface area contributed by atoms with Gasteiger partial charge >= 0.3 is 0 Å². The van der Waals surface area contributed by atoms with E-state index in [2.05, 4.69) is 38.8 Å². The van der Waals surface area contributed by atoms with Crippen LogP contribution in [0.15, 0.2) is 12.4 Å². The third-order valence-corrected chi connectivity index (χ3v) is 4.12. The van der Waals surface area contributed by atoms with Gasteiger partial charge in [0.2, 0.25) is 0 Å². The van der Waals surface area contributed by atoms with Gasteiger partial charge in [0.05, 0.1) is 24.4 Å². The average molecular weight is 285 g/mol. The first-order chi connectivity index (χ1) is 7.72. The monoisotopic (exact) mass is 284 g/mol. The summed E-state index contributed by atoms with van der Waals surface area (Å²) < 4.78 is 8.07. The molecule has 2 aliphatic rings. The highest BCUT2D eigenvalue weighted by Crippen LogP contribution is 2.37. The van der Waals surface area contributed by atoms with Crippen molar-refractivity contribution in [2.75, 3.05) is 0 Å².